The van der Waals surface area contributed by atoms with Crippen molar-refractivity contribution in [3.8, 4) is 0 Å². The molecular formula is C10H16N2. The first-order valence-corrected chi connectivity index (χ1v) is 4.55. The van der Waals surface area contributed by atoms with Gasteiger partial charge in [-0.3, -0.25) is 4.98 Å². The van der Waals surface area contributed by atoms with Crippen LogP contribution >= 0.6 is 0 Å². The molecule has 2 nitrogen and oxygen atoms in total. The van der Waals surface area contributed by atoms with Gasteiger partial charge in [-0.1, -0.05) is 20.8 Å². The number of pyridine rings is 1. The van der Waals surface area contributed by atoms with Gasteiger partial charge in [0.2, 0.25) is 0 Å². The highest BCUT2D eigenvalue weighted by atomic mass is 14.9. The molecule has 0 aromatic carbocycles. The summed E-state index contributed by atoms with van der Waals surface area (Å²) < 4.78 is 0. The van der Waals surface area contributed by atoms with Gasteiger partial charge in [-0.05, 0) is 11.6 Å². The van der Waals surface area contributed by atoms with Crippen molar-refractivity contribution < 1.29 is 0 Å². The third-order valence-electron chi connectivity index (χ3n) is 1.98. The molecule has 1 aliphatic heterocycles. The first-order valence-electron chi connectivity index (χ1n) is 4.55. The second-order valence-corrected chi connectivity index (χ2v) is 2.74. The number of aromatic nitrogens is 1. The van der Waals surface area contributed by atoms with Crippen LogP contribution in [0.15, 0.2) is 18.5 Å². The van der Waals surface area contributed by atoms with Crippen molar-refractivity contribution in [1.82, 2.24) is 4.98 Å². The van der Waals surface area contributed by atoms with Gasteiger partial charge in [-0.25, -0.2) is 0 Å². The van der Waals surface area contributed by atoms with E-state index in [1.54, 1.807) is 0 Å². The smallest absolute Gasteiger partial charge is 0.0407 e. The zero-order valence-corrected chi connectivity index (χ0v) is 7.96. The van der Waals surface area contributed by atoms with Gasteiger partial charge in [0, 0.05) is 30.5 Å². The maximum Gasteiger partial charge on any atom is 0.0407 e. The van der Waals surface area contributed by atoms with Crippen LogP contribution in [-0.2, 0) is 0 Å². The molecule has 0 spiro atoms. The van der Waals surface area contributed by atoms with Crippen molar-refractivity contribution >= 4 is 5.69 Å². The molecule has 2 heterocycles. The lowest BCUT2D eigenvalue weighted by Crippen LogP contribution is -1.95. The van der Waals surface area contributed by atoms with Crippen LogP contribution in [0.25, 0.3) is 0 Å². The first-order chi connectivity index (χ1) is 5.88. The van der Waals surface area contributed by atoms with Gasteiger partial charge in [0.15, 0.2) is 0 Å². The normalized spacial score (nSPS) is 18.8. The van der Waals surface area contributed by atoms with Crippen molar-refractivity contribution in [3.63, 3.8) is 0 Å². The minimum atomic E-state index is 0.628. The molecule has 0 amide bonds. The summed E-state index contributed by atoms with van der Waals surface area (Å²) in [6.45, 7) is 7.27. The van der Waals surface area contributed by atoms with Gasteiger partial charge >= 0.3 is 0 Å². The Kier molecular flexibility index (Phi) is 3.09. The largest absolute Gasteiger partial charge is 0.384 e. The number of anilines is 1. The fraction of sp³-hybridized carbons (Fsp3) is 0.500. The van der Waals surface area contributed by atoms with Crippen molar-refractivity contribution in [1.29, 1.82) is 0 Å². The van der Waals surface area contributed by atoms with E-state index in [4.69, 9.17) is 0 Å². The maximum absolute atomic E-state index is 4.07. The molecule has 1 aliphatic rings. The molecule has 0 bridgehead atoms. The van der Waals surface area contributed by atoms with E-state index in [1.165, 1.54) is 11.3 Å². The van der Waals surface area contributed by atoms with Gasteiger partial charge in [0.25, 0.3) is 0 Å². The van der Waals surface area contributed by atoms with E-state index in [-0.39, 0.29) is 0 Å². The summed E-state index contributed by atoms with van der Waals surface area (Å²) >= 11 is 0. The highest BCUT2D eigenvalue weighted by Crippen LogP contribution is 2.28. The number of nitrogens with zero attached hydrogens (tertiary/aromatic N) is 1. The van der Waals surface area contributed by atoms with E-state index in [2.05, 4.69) is 17.2 Å². The maximum atomic E-state index is 4.07. The van der Waals surface area contributed by atoms with Crippen molar-refractivity contribution in [2.24, 2.45) is 0 Å². The summed E-state index contributed by atoms with van der Waals surface area (Å²) in [6, 6.07) is 2.03. The van der Waals surface area contributed by atoms with Crippen molar-refractivity contribution in [3.05, 3.63) is 24.0 Å². The zero-order valence-electron chi connectivity index (χ0n) is 7.96. The first kappa shape index (κ1) is 9.04. The predicted octanol–water partition coefficient (Wildman–Crippen LogP) is 2.64. The van der Waals surface area contributed by atoms with Crippen LogP contribution < -0.4 is 5.32 Å². The number of nitrogens with one attached hydrogen (secondary N) is 1. The Morgan fingerprint density at radius 2 is 2.25 bits per heavy atom. The van der Waals surface area contributed by atoms with E-state index >= 15 is 0 Å². The molecule has 2 heteroatoms. The number of fused-ring (bicyclic) bond motifs is 1. The minimum absolute atomic E-state index is 0.628. The minimum Gasteiger partial charge on any atom is -0.384 e. The molecule has 0 aliphatic carbocycles. The molecule has 1 aromatic rings. The van der Waals surface area contributed by atoms with E-state index in [0.717, 1.165) is 6.54 Å². The van der Waals surface area contributed by atoms with Gasteiger partial charge < -0.3 is 5.32 Å². The number of rotatable bonds is 0. The molecular weight excluding hydrogens is 148 g/mol. The average molecular weight is 164 g/mol. The van der Waals surface area contributed by atoms with Crippen LogP contribution in [0.5, 0.6) is 0 Å². The molecule has 1 aromatic heterocycles. The lowest BCUT2D eigenvalue weighted by molar-refractivity contribution is 0.849. The van der Waals surface area contributed by atoms with E-state index < -0.39 is 0 Å². The fourth-order valence-electron chi connectivity index (χ4n) is 1.33. The van der Waals surface area contributed by atoms with E-state index in [9.17, 15) is 0 Å². The third-order valence-corrected chi connectivity index (χ3v) is 1.98. The number of hydrogen-bond acceptors (Lipinski definition) is 2. The van der Waals surface area contributed by atoms with Gasteiger partial charge in [-0.2, -0.15) is 0 Å². The molecule has 1 N–H and O–H groups in total. The molecule has 12 heavy (non-hydrogen) atoms. The summed E-state index contributed by atoms with van der Waals surface area (Å²) in [5.74, 6) is 0.628. The summed E-state index contributed by atoms with van der Waals surface area (Å²) in [7, 11) is 0. The Labute approximate surface area is 74.0 Å². The summed E-state index contributed by atoms with van der Waals surface area (Å²) in [4.78, 5) is 4.07. The summed E-state index contributed by atoms with van der Waals surface area (Å²) in [5.41, 5.74) is 2.60. The second kappa shape index (κ2) is 4.10. The summed E-state index contributed by atoms with van der Waals surface area (Å²) in [5, 5.41) is 3.31. The van der Waals surface area contributed by atoms with Gasteiger partial charge in [0.05, 0.1) is 0 Å². The molecule has 0 fully saturated rings. The van der Waals surface area contributed by atoms with Crippen LogP contribution in [0.3, 0.4) is 0 Å². The lowest BCUT2D eigenvalue weighted by Gasteiger charge is -1.98. The highest BCUT2D eigenvalue weighted by Gasteiger charge is 2.16. The number of hydrogen-bond donors (Lipinski definition) is 1. The highest BCUT2D eigenvalue weighted by molar-refractivity contribution is 5.55. The van der Waals surface area contributed by atoms with Crippen LogP contribution in [0.4, 0.5) is 5.69 Å². The molecule has 2 rings (SSSR count). The Balaban J connectivity index is 0.000000336. The van der Waals surface area contributed by atoms with Gasteiger partial charge in [-0.15, -0.1) is 0 Å². The molecule has 1 unspecified atom stereocenters. The lowest BCUT2D eigenvalue weighted by atomic mass is 10.1. The van der Waals surface area contributed by atoms with Crippen molar-refractivity contribution in [2.75, 3.05) is 11.9 Å². The predicted molar refractivity (Wildman–Crippen MR) is 52.5 cm³/mol. The second-order valence-electron chi connectivity index (χ2n) is 2.74. The molecule has 0 saturated carbocycles. The van der Waals surface area contributed by atoms with Crippen LogP contribution in [0.2, 0.25) is 0 Å². The Hall–Kier alpha value is -1.05. The van der Waals surface area contributed by atoms with Crippen LogP contribution in [-0.4, -0.2) is 11.5 Å². The average Bonchev–Trinajstić information content (AvgIpc) is 2.53. The zero-order chi connectivity index (χ0) is 8.97. The topological polar surface area (TPSA) is 24.9 Å². The Morgan fingerprint density at radius 1 is 1.50 bits per heavy atom. The quantitative estimate of drug-likeness (QED) is 0.637. The standard InChI is InChI=1S/C8H10N2.C2H6/c1-6-4-10-8-2-3-9-5-7(6)8;1-2/h2-3,5-6,10H,4H2,1H3;1-2H3. The monoisotopic (exact) mass is 164 g/mol. The Morgan fingerprint density at radius 3 is 2.92 bits per heavy atom. The van der Waals surface area contributed by atoms with Crippen molar-refractivity contribution in [2.45, 2.75) is 26.7 Å². The molecule has 0 radical (unpaired) electrons. The molecule has 66 valence electrons. The third kappa shape index (κ3) is 1.58. The fourth-order valence-corrected chi connectivity index (χ4v) is 1.33. The van der Waals surface area contributed by atoms with E-state index in [0.29, 0.717) is 5.92 Å². The summed E-state index contributed by atoms with van der Waals surface area (Å²) in [6.07, 6.45) is 3.77. The molecule has 1 atom stereocenters. The SMILES string of the molecule is CC.CC1CNc2ccncc21. The van der Waals surface area contributed by atoms with Gasteiger partial charge in [0.1, 0.15) is 0 Å². The van der Waals surface area contributed by atoms with Crippen LogP contribution in [0.1, 0.15) is 32.3 Å². The Bertz CT molecular complexity index is 245. The van der Waals surface area contributed by atoms with E-state index in [1.807, 2.05) is 32.3 Å². The van der Waals surface area contributed by atoms with Crippen LogP contribution in [0, 0.1) is 0 Å². The molecule has 0 saturated heterocycles.